The van der Waals surface area contributed by atoms with Crippen LogP contribution in [0.2, 0.25) is 0 Å². The maximum atomic E-state index is 11.1. The lowest BCUT2D eigenvalue weighted by molar-refractivity contribution is -0.116. The van der Waals surface area contributed by atoms with Gasteiger partial charge >= 0.3 is 0 Å². The second kappa shape index (κ2) is 4.99. The molecule has 0 aromatic carbocycles. The molecule has 1 rings (SSSR count). The third-order valence-corrected chi connectivity index (χ3v) is 2.58. The molecule has 0 saturated carbocycles. The summed E-state index contributed by atoms with van der Waals surface area (Å²) in [4.78, 5) is 23.9. The molecule has 1 amide bonds. The van der Waals surface area contributed by atoms with Crippen LogP contribution in [0.3, 0.4) is 0 Å². The van der Waals surface area contributed by atoms with Crippen LogP contribution in [-0.4, -0.2) is 34.6 Å². The van der Waals surface area contributed by atoms with Crippen molar-refractivity contribution in [2.45, 2.75) is 26.8 Å². The second-order valence-electron chi connectivity index (χ2n) is 4.25. The van der Waals surface area contributed by atoms with E-state index in [0.29, 0.717) is 17.1 Å². The van der Waals surface area contributed by atoms with Gasteiger partial charge in [0.2, 0.25) is 5.91 Å². The number of carbonyl (C=O) groups is 2. The zero-order valence-corrected chi connectivity index (χ0v) is 10.6. The monoisotopic (exact) mass is 238 g/mol. The lowest BCUT2D eigenvalue weighted by Crippen LogP contribution is -2.40. The van der Waals surface area contributed by atoms with Gasteiger partial charge in [-0.3, -0.25) is 14.3 Å². The Morgan fingerprint density at radius 2 is 2.18 bits per heavy atom. The van der Waals surface area contributed by atoms with E-state index in [2.05, 4.69) is 5.10 Å². The first-order valence-electron chi connectivity index (χ1n) is 5.42. The van der Waals surface area contributed by atoms with E-state index in [1.54, 1.807) is 23.6 Å². The summed E-state index contributed by atoms with van der Waals surface area (Å²) in [6, 6.07) is 0.0519. The molecular weight excluding hydrogens is 220 g/mol. The van der Waals surface area contributed by atoms with Gasteiger partial charge in [-0.2, -0.15) is 5.10 Å². The maximum absolute atomic E-state index is 11.1. The Hall–Kier alpha value is -1.85. The van der Waals surface area contributed by atoms with Gasteiger partial charge in [0, 0.05) is 13.1 Å². The van der Waals surface area contributed by atoms with E-state index in [-0.39, 0.29) is 12.6 Å². The predicted molar refractivity (Wildman–Crippen MR) is 65.0 cm³/mol. The van der Waals surface area contributed by atoms with E-state index in [0.717, 1.165) is 6.29 Å². The van der Waals surface area contributed by atoms with E-state index in [9.17, 15) is 9.59 Å². The van der Waals surface area contributed by atoms with Crippen LogP contribution in [0.15, 0.2) is 0 Å². The van der Waals surface area contributed by atoms with Crippen LogP contribution in [0.25, 0.3) is 0 Å². The first-order valence-corrected chi connectivity index (χ1v) is 5.42. The minimum Gasteiger partial charge on any atom is -0.368 e. The van der Waals surface area contributed by atoms with Crippen LogP contribution >= 0.6 is 0 Å². The lowest BCUT2D eigenvalue weighted by atomic mass is 10.2. The third-order valence-electron chi connectivity index (χ3n) is 2.58. The van der Waals surface area contributed by atoms with Crippen LogP contribution in [-0.2, 0) is 11.8 Å². The van der Waals surface area contributed by atoms with Crippen LogP contribution < -0.4 is 10.6 Å². The number of aldehydes is 1. The molecule has 1 aromatic rings. The predicted octanol–water partition coefficient (Wildman–Crippen LogP) is 0.241. The summed E-state index contributed by atoms with van der Waals surface area (Å²) in [6.45, 7) is 5.69. The van der Waals surface area contributed by atoms with E-state index in [4.69, 9.17) is 5.73 Å². The van der Waals surface area contributed by atoms with Gasteiger partial charge < -0.3 is 10.6 Å². The number of nitrogens with two attached hydrogens (primary N) is 1. The van der Waals surface area contributed by atoms with Crippen molar-refractivity contribution < 1.29 is 9.59 Å². The molecule has 0 aliphatic rings. The first-order chi connectivity index (χ1) is 7.88. The number of aromatic nitrogens is 2. The molecule has 0 aliphatic carbocycles. The standard InChI is InChI=1S/C11H18N4O2/c1-7(2)15(5-10(12)17)11-9(6-16)8(3)13-14(11)4/h6-7H,5H2,1-4H3,(H2,12,17). The Bertz CT molecular complexity index is 437. The number of primary amides is 1. The molecule has 0 radical (unpaired) electrons. The number of rotatable bonds is 5. The number of amides is 1. The molecule has 6 nitrogen and oxygen atoms in total. The quantitative estimate of drug-likeness (QED) is 0.745. The maximum Gasteiger partial charge on any atom is 0.237 e. The van der Waals surface area contributed by atoms with E-state index >= 15 is 0 Å². The van der Waals surface area contributed by atoms with Crippen molar-refractivity contribution in [2.24, 2.45) is 12.8 Å². The van der Waals surface area contributed by atoms with Gasteiger partial charge in [0.1, 0.15) is 5.82 Å². The van der Waals surface area contributed by atoms with Crippen molar-refractivity contribution in [2.75, 3.05) is 11.4 Å². The number of carbonyl (C=O) groups excluding carboxylic acids is 2. The van der Waals surface area contributed by atoms with E-state index in [1.165, 1.54) is 0 Å². The number of nitrogens with zero attached hydrogens (tertiary/aromatic N) is 3. The Morgan fingerprint density at radius 1 is 1.59 bits per heavy atom. The van der Waals surface area contributed by atoms with Crippen molar-refractivity contribution in [3.05, 3.63) is 11.3 Å². The fourth-order valence-electron chi connectivity index (χ4n) is 1.81. The van der Waals surface area contributed by atoms with E-state index in [1.807, 2.05) is 13.8 Å². The van der Waals surface area contributed by atoms with Gasteiger partial charge in [-0.25, -0.2) is 0 Å². The molecule has 0 aliphatic heterocycles. The normalized spacial score (nSPS) is 10.6. The van der Waals surface area contributed by atoms with Crippen LogP contribution in [0.1, 0.15) is 29.9 Å². The molecule has 94 valence electrons. The summed E-state index contributed by atoms with van der Waals surface area (Å²) in [7, 11) is 1.74. The summed E-state index contributed by atoms with van der Waals surface area (Å²) in [6.07, 6.45) is 0.758. The summed E-state index contributed by atoms with van der Waals surface area (Å²) in [5.41, 5.74) is 6.37. The van der Waals surface area contributed by atoms with Gasteiger partial charge in [0.25, 0.3) is 0 Å². The third kappa shape index (κ3) is 2.64. The highest BCUT2D eigenvalue weighted by atomic mass is 16.1. The molecule has 0 unspecified atom stereocenters. The average molecular weight is 238 g/mol. The highest BCUT2D eigenvalue weighted by Gasteiger charge is 2.22. The zero-order chi connectivity index (χ0) is 13.2. The fraction of sp³-hybridized carbons (Fsp3) is 0.545. The van der Waals surface area contributed by atoms with Crippen molar-refractivity contribution in [1.29, 1.82) is 0 Å². The number of anilines is 1. The topological polar surface area (TPSA) is 81.2 Å². The summed E-state index contributed by atoms with van der Waals surface area (Å²) in [5, 5.41) is 4.18. The van der Waals surface area contributed by atoms with Crippen molar-refractivity contribution in [1.82, 2.24) is 9.78 Å². The number of hydrogen-bond acceptors (Lipinski definition) is 4. The summed E-state index contributed by atoms with van der Waals surface area (Å²) < 4.78 is 1.60. The molecular formula is C11H18N4O2. The largest absolute Gasteiger partial charge is 0.368 e. The minimum atomic E-state index is -0.436. The fourth-order valence-corrected chi connectivity index (χ4v) is 1.81. The zero-order valence-electron chi connectivity index (χ0n) is 10.6. The molecule has 0 atom stereocenters. The van der Waals surface area contributed by atoms with Crippen molar-refractivity contribution in [3.8, 4) is 0 Å². The highest BCUT2D eigenvalue weighted by molar-refractivity contribution is 5.87. The molecule has 0 bridgehead atoms. The van der Waals surface area contributed by atoms with Gasteiger partial charge in [0.05, 0.1) is 17.8 Å². The molecule has 1 heterocycles. The molecule has 0 spiro atoms. The Balaban J connectivity index is 3.26. The van der Waals surface area contributed by atoms with E-state index < -0.39 is 5.91 Å². The molecule has 0 saturated heterocycles. The second-order valence-corrected chi connectivity index (χ2v) is 4.25. The summed E-state index contributed by atoms with van der Waals surface area (Å²) >= 11 is 0. The van der Waals surface area contributed by atoms with Gasteiger partial charge in [-0.1, -0.05) is 0 Å². The molecule has 0 fully saturated rings. The molecule has 6 heteroatoms. The Kier molecular flexibility index (Phi) is 3.88. The van der Waals surface area contributed by atoms with Crippen molar-refractivity contribution in [3.63, 3.8) is 0 Å². The molecule has 2 N–H and O–H groups in total. The van der Waals surface area contributed by atoms with Gasteiger partial charge in [-0.15, -0.1) is 0 Å². The molecule has 17 heavy (non-hydrogen) atoms. The smallest absolute Gasteiger partial charge is 0.237 e. The highest BCUT2D eigenvalue weighted by Crippen LogP contribution is 2.23. The van der Waals surface area contributed by atoms with Crippen LogP contribution in [0.5, 0.6) is 0 Å². The summed E-state index contributed by atoms with van der Waals surface area (Å²) in [5.74, 6) is 0.195. The van der Waals surface area contributed by atoms with Gasteiger partial charge in [0.15, 0.2) is 6.29 Å². The van der Waals surface area contributed by atoms with Crippen LogP contribution in [0.4, 0.5) is 5.82 Å². The van der Waals surface area contributed by atoms with Gasteiger partial charge in [-0.05, 0) is 20.8 Å². The van der Waals surface area contributed by atoms with Crippen LogP contribution in [0, 0.1) is 6.92 Å². The van der Waals surface area contributed by atoms with Crippen molar-refractivity contribution >= 4 is 18.0 Å². The lowest BCUT2D eigenvalue weighted by Gasteiger charge is -2.27. The number of aryl methyl sites for hydroxylation is 2. The SMILES string of the molecule is Cc1nn(C)c(N(CC(N)=O)C(C)C)c1C=O. The molecule has 1 aromatic heterocycles. The average Bonchev–Trinajstić information content (AvgIpc) is 2.48. The minimum absolute atomic E-state index is 0.0519. The Morgan fingerprint density at radius 3 is 2.59 bits per heavy atom. The Labute approximate surface area is 100 Å². The first kappa shape index (κ1) is 13.2. The number of hydrogen-bond donors (Lipinski definition) is 1.